The molecule has 0 saturated carbocycles. The quantitative estimate of drug-likeness (QED) is 0.636. The highest BCUT2D eigenvalue weighted by molar-refractivity contribution is 7.99. The lowest BCUT2D eigenvalue weighted by Crippen LogP contribution is -2.09. The molecular formula is C18H23NO2S. The predicted molar refractivity (Wildman–Crippen MR) is 92.9 cm³/mol. The third-order valence-corrected chi connectivity index (χ3v) is 4.66. The van der Waals surface area contributed by atoms with E-state index in [-0.39, 0.29) is 5.37 Å². The van der Waals surface area contributed by atoms with Gasteiger partial charge in [0.05, 0.1) is 19.6 Å². The molecule has 1 atom stereocenters. The molecular weight excluding hydrogens is 294 g/mol. The van der Waals surface area contributed by atoms with Gasteiger partial charge in [-0.2, -0.15) is 0 Å². The lowest BCUT2D eigenvalue weighted by atomic mass is 10.1. The molecule has 1 unspecified atom stereocenters. The Hall–Kier alpha value is -1.65. The first-order valence-corrected chi connectivity index (χ1v) is 8.20. The van der Waals surface area contributed by atoms with Crippen LogP contribution in [0, 0.1) is 6.92 Å². The molecule has 0 spiro atoms. The van der Waals surface area contributed by atoms with E-state index in [1.54, 1.807) is 26.0 Å². The van der Waals surface area contributed by atoms with Gasteiger partial charge in [-0.15, -0.1) is 11.8 Å². The Kier molecular flexibility index (Phi) is 5.75. The van der Waals surface area contributed by atoms with E-state index >= 15 is 0 Å². The van der Waals surface area contributed by atoms with Crippen molar-refractivity contribution in [3.05, 3.63) is 53.1 Å². The molecule has 118 valence electrons. The second kappa shape index (κ2) is 7.56. The number of thioether (sulfide) groups is 1. The van der Waals surface area contributed by atoms with Gasteiger partial charge in [0.2, 0.25) is 0 Å². The first kappa shape index (κ1) is 16.7. The predicted octanol–water partition coefficient (Wildman–Crippen LogP) is 4.32. The summed E-state index contributed by atoms with van der Waals surface area (Å²) in [5.74, 6) is 1.61. The van der Waals surface area contributed by atoms with Crippen molar-refractivity contribution in [3.63, 3.8) is 0 Å². The molecule has 22 heavy (non-hydrogen) atoms. The minimum Gasteiger partial charge on any atom is -0.496 e. The van der Waals surface area contributed by atoms with Gasteiger partial charge in [-0.1, -0.05) is 24.6 Å². The van der Waals surface area contributed by atoms with Crippen molar-refractivity contribution in [2.45, 2.75) is 30.5 Å². The fourth-order valence-corrected chi connectivity index (χ4v) is 3.22. The fraction of sp³-hybridized carbons (Fsp3) is 0.333. The second-order valence-electron chi connectivity index (χ2n) is 5.11. The molecule has 0 aliphatic heterocycles. The number of nitrogens with two attached hydrogens (primary N) is 1. The Morgan fingerprint density at radius 2 is 1.68 bits per heavy atom. The molecule has 0 radical (unpaired) electrons. The zero-order chi connectivity index (χ0) is 16.1. The van der Waals surface area contributed by atoms with E-state index < -0.39 is 0 Å². The van der Waals surface area contributed by atoms with Gasteiger partial charge in [0, 0.05) is 16.5 Å². The van der Waals surface area contributed by atoms with Crippen LogP contribution in [0.1, 0.15) is 29.0 Å². The molecule has 2 aromatic rings. The molecule has 2 N–H and O–H groups in total. The normalized spacial score (nSPS) is 12.0. The summed E-state index contributed by atoms with van der Waals surface area (Å²) in [5.41, 5.74) is 9.77. The summed E-state index contributed by atoms with van der Waals surface area (Å²) in [6.07, 6.45) is 0.891. The molecule has 4 heteroatoms. The topological polar surface area (TPSA) is 44.5 Å². The van der Waals surface area contributed by atoms with E-state index in [4.69, 9.17) is 15.2 Å². The molecule has 0 bridgehead atoms. The van der Waals surface area contributed by atoms with Crippen LogP contribution in [0.5, 0.6) is 11.5 Å². The third-order valence-electron chi connectivity index (χ3n) is 3.60. The van der Waals surface area contributed by atoms with Crippen molar-refractivity contribution in [1.82, 2.24) is 0 Å². The maximum atomic E-state index is 6.40. The van der Waals surface area contributed by atoms with Crippen LogP contribution < -0.4 is 15.2 Å². The van der Waals surface area contributed by atoms with Gasteiger partial charge < -0.3 is 15.2 Å². The average Bonchev–Trinajstić information content (AvgIpc) is 2.55. The van der Waals surface area contributed by atoms with Crippen molar-refractivity contribution in [2.75, 3.05) is 14.2 Å². The Morgan fingerprint density at radius 1 is 1.05 bits per heavy atom. The summed E-state index contributed by atoms with van der Waals surface area (Å²) in [7, 11) is 3.34. The zero-order valence-electron chi connectivity index (χ0n) is 13.6. The minimum absolute atomic E-state index is 0.186. The van der Waals surface area contributed by atoms with Crippen molar-refractivity contribution < 1.29 is 9.47 Å². The van der Waals surface area contributed by atoms with Crippen LogP contribution in [-0.4, -0.2) is 14.2 Å². The second-order valence-corrected chi connectivity index (χ2v) is 6.33. The molecule has 2 rings (SSSR count). The van der Waals surface area contributed by atoms with Crippen LogP contribution in [0.2, 0.25) is 0 Å². The van der Waals surface area contributed by atoms with E-state index in [9.17, 15) is 0 Å². The van der Waals surface area contributed by atoms with E-state index in [1.807, 2.05) is 6.07 Å². The molecule has 0 aromatic heterocycles. The average molecular weight is 317 g/mol. The summed E-state index contributed by atoms with van der Waals surface area (Å²) in [4.78, 5) is 1.15. The Morgan fingerprint density at radius 3 is 2.23 bits per heavy atom. The van der Waals surface area contributed by atoms with Crippen LogP contribution in [0.25, 0.3) is 0 Å². The van der Waals surface area contributed by atoms with E-state index in [0.29, 0.717) is 0 Å². The SMILES string of the molecule is CCc1cc(C(N)Sc2ccc(C)cc2)c(OC)cc1OC. The fourth-order valence-electron chi connectivity index (χ4n) is 2.32. The summed E-state index contributed by atoms with van der Waals surface area (Å²) < 4.78 is 10.9. The highest BCUT2D eigenvalue weighted by Gasteiger charge is 2.17. The molecule has 0 fully saturated rings. The van der Waals surface area contributed by atoms with Crippen molar-refractivity contribution in [3.8, 4) is 11.5 Å². The third kappa shape index (κ3) is 3.76. The first-order valence-electron chi connectivity index (χ1n) is 7.32. The number of hydrogen-bond donors (Lipinski definition) is 1. The van der Waals surface area contributed by atoms with Gasteiger partial charge in [-0.3, -0.25) is 0 Å². The van der Waals surface area contributed by atoms with Crippen molar-refractivity contribution in [1.29, 1.82) is 0 Å². The maximum Gasteiger partial charge on any atom is 0.128 e. The van der Waals surface area contributed by atoms with Crippen molar-refractivity contribution >= 4 is 11.8 Å². The number of methoxy groups -OCH3 is 2. The maximum absolute atomic E-state index is 6.40. The number of aryl methyl sites for hydroxylation is 2. The molecule has 3 nitrogen and oxygen atoms in total. The molecule has 0 aliphatic carbocycles. The highest BCUT2D eigenvalue weighted by atomic mass is 32.2. The largest absolute Gasteiger partial charge is 0.496 e. The van der Waals surface area contributed by atoms with E-state index in [2.05, 4.69) is 44.2 Å². The molecule has 2 aromatic carbocycles. The summed E-state index contributed by atoms with van der Waals surface area (Å²) in [5, 5.41) is -0.186. The van der Waals surface area contributed by atoms with Gasteiger partial charge in [-0.05, 0) is 37.1 Å². The van der Waals surface area contributed by atoms with Crippen LogP contribution in [0.4, 0.5) is 0 Å². The molecule has 0 amide bonds. The van der Waals surface area contributed by atoms with E-state index in [1.165, 1.54) is 5.56 Å². The van der Waals surface area contributed by atoms with Crippen LogP contribution in [-0.2, 0) is 6.42 Å². The number of rotatable bonds is 6. The smallest absolute Gasteiger partial charge is 0.128 e. The van der Waals surface area contributed by atoms with E-state index in [0.717, 1.165) is 33.9 Å². The van der Waals surface area contributed by atoms with Crippen molar-refractivity contribution in [2.24, 2.45) is 5.73 Å². The lowest BCUT2D eigenvalue weighted by Gasteiger charge is -2.18. The minimum atomic E-state index is -0.186. The standard InChI is InChI=1S/C18H23NO2S/c1-5-13-10-15(17(21-4)11-16(13)20-3)18(19)22-14-8-6-12(2)7-9-14/h6-11,18H,5,19H2,1-4H3. The molecule has 0 saturated heterocycles. The first-order chi connectivity index (χ1) is 10.6. The number of benzene rings is 2. The Labute approximate surface area is 136 Å². The van der Waals surface area contributed by atoms with Crippen LogP contribution in [0.15, 0.2) is 41.3 Å². The van der Waals surface area contributed by atoms with Gasteiger partial charge in [0.1, 0.15) is 11.5 Å². The summed E-state index contributed by atoms with van der Waals surface area (Å²) >= 11 is 1.62. The summed E-state index contributed by atoms with van der Waals surface area (Å²) in [6, 6.07) is 12.4. The summed E-state index contributed by atoms with van der Waals surface area (Å²) in [6.45, 7) is 4.18. The molecule has 0 aliphatic rings. The van der Waals surface area contributed by atoms with Gasteiger partial charge in [-0.25, -0.2) is 0 Å². The zero-order valence-corrected chi connectivity index (χ0v) is 14.4. The van der Waals surface area contributed by atoms with Gasteiger partial charge >= 0.3 is 0 Å². The Balaban J connectivity index is 2.31. The Bertz CT molecular complexity index is 626. The van der Waals surface area contributed by atoms with Crippen LogP contribution >= 0.6 is 11.8 Å². The van der Waals surface area contributed by atoms with Crippen LogP contribution in [0.3, 0.4) is 0 Å². The molecule has 0 heterocycles. The monoisotopic (exact) mass is 317 g/mol. The number of hydrogen-bond acceptors (Lipinski definition) is 4. The highest BCUT2D eigenvalue weighted by Crippen LogP contribution is 2.39. The van der Waals surface area contributed by atoms with Gasteiger partial charge in [0.15, 0.2) is 0 Å². The number of ether oxygens (including phenoxy) is 2. The van der Waals surface area contributed by atoms with Gasteiger partial charge in [0.25, 0.3) is 0 Å². The lowest BCUT2D eigenvalue weighted by molar-refractivity contribution is 0.388.